The number of piperidine rings is 1. The molecule has 0 unspecified atom stereocenters. The summed E-state index contributed by atoms with van der Waals surface area (Å²) >= 11 is 0. The van der Waals surface area contributed by atoms with E-state index in [1.165, 1.54) is 6.07 Å². The van der Waals surface area contributed by atoms with Gasteiger partial charge in [0.2, 0.25) is 10.0 Å². The highest BCUT2D eigenvalue weighted by Crippen LogP contribution is 2.30. The van der Waals surface area contributed by atoms with Crippen LogP contribution < -0.4 is 0 Å². The Morgan fingerprint density at radius 2 is 1.85 bits per heavy atom. The smallest absolute Gasteiger partial charge is 0.207 e. The van der Waals surface area contributed by atoms with Crippen molar-refractivity contribution in [2.45, 2.75) is 57.0 Å². The van der Waals surface area contributed by atoms with E-state index in [9.17, 15) is 8.42 Å². The molecule has 0 radical (unpaired) electrons. The van der Waals surface area contributed by atoms with E-state index in [2.05, 4.69) is 6.07 Å². The van der Waals surface area contributed by atoms with Gasteiger partial charge in [0.25, 0.3) is 0 Å². The summed E-state index contributed by atoms with van der Waals surface area (Å²) < 4.78 is 27.2. The normalized spacial score (nSPS) is 24.3. The van der Waals surface area contributed by atoms with Gasteiger partial charge in [0, 0.05) is 12.1 Å². The van der Waals surface area contributed by atoms with Crippen molar-refractivity contribution < 1.29 is 8.42 Å². The minimum absolute atomic E-state index is 0.0275. The Balaban J connectivity index is 2.44. The number of nitriles is 1. The second kappa shape index (κ2) is 5.55. The Bertz CT molecular complexity index is 636. The van der Waals surface area contributed by atoms with Crippen LogP contribution >= 0.6 is 0 Å². The van der Waals surface area contributed by atoms with Crippen LogP contribution in [0.25, 0.3) is 0 Å². The van der Waals surface area contributed by atoms with Gasteiger partial charge < -0.3 is 0 Å². The highest BCUT2D eigenvalue weighted by Gasteiger charge is 2.35. The maximum Gasteiger partial charge on any atom is 0.243 e. The van der Waals surface area contributed by atoms with Crippen molar-refractivity contribution in [1.82, 2.24) is 4.31 Å². The van der Waals surface area contributed by atoms with E-state index in [1.54, 1.807) is 23.4 Å². The molecule has 0 N–H and O–H groups in total. The van der Waals surface area contributed by atoms with Crippen LogP contribution in [0.2, 0.25) is 0 Å². The van der Waals surface area contributed by atoms with Gasteiger partial charge in [-0.3, -0.25) is 0 Å². The fourth-order valence-electron chi connectivity index (χ4n) is 2.92. The average molecular weight is 292 g/mol. The third-order valence-corrected chi connectivity index (χ3v) is 6.13. The minimum Gasteiger partial charge on any atom is -0.207 e. The molecule has 2 atom stereocenters. The van der Waals surface area contributed by atoms with Gasteiger partial charge in [0.15, 0.2) is 0 Å². The molecule has 1 aliphatic rings. The SMILES string of the molecule is Cc1cc(S(=O)(=O)N2[C@H](C)CCC[C@@H]2C)ccc1C#N. The molecule has 1 saturated heterocycles. The standard InChI is InChI=1S/C15H20N2O2S/c1-11-9-15(8-7-14(11)10-16)20(18,19)17-12(2)5-4-6-13(17)3/h7-9,12-13H,4-6H2,1-3H3/t12-,13+. The molecule has 5 heteroatoms. The van der Waals surface area contributed by atoms with Crippen LogP contribution in [-0.4, -0.2) is 24.8 Å². The lowest BCUT2D eigenvalue weighted by Gasteiger charge is -2.37. The van der Waals surface area contributed by atoms with Gasteiger partial charge in [-0.05, 0) is 57.4 Å². The molecular weight excluding hydrogens is 272 g/mol. The van der Waals surface area contributed by atoms with E-state index in [4.69, 9.17) is 5.26 Å². The molecule has 4 nitrogen and oxygen atoms in total. The molecule has 1 aromatic rings. The summed E-state index contributed by atoms with van der Waals surface area (Å²) in [5.41, 5.74) is 1.22. The fourth-order valence-corrected chi connectivity index (χ4v) is 4.88. The molecule has 0 amide bonds. The first-order valence-corrected chi connectivity index (χ1v) is 8.36. The lowest BCUT2D eigenvalue weighted by molar-refractivity contribution is 0.204. The summed E-state index contributed by atoms with van der Waals surface area (Å²) in [5.74, 6) is 0. The summed E-state index contributed by atoms with van der Waals surface area (Å²) in [4.78, 5) is 0.287. The monoisotopic (exact) mass is 292 g/mol. The van der Waals surface area contributed by atoms with Crippen LogP contribution in [0.15, 0.2) is 23.1 Å². The molecule has 0 saturated carbocycles. The van der Waals surface area contributed by atoms with Crippen molar-refractivity contribution in [1.29, 1.82) is 5.26 Å². The predicted molar refractivity (Wildman–Crippen MR) is 77.7 cm³/mol. The topological polar surface area (TPSA) is 61.2 Å². The first-order valence-electron chi connectivity index (χ1n) is 6.92. The van der Waals surface area contributed by atoms with E-state index in [0.29, 0.717) is 11.1 Å². The van der Waals surface area contributed by atoms with Crippen LogP contribution in [0.1, 0.15) is 44.2 Å². The molecule has 1 fully saturated rings. The van der Waals surface area contributed by atoms with Gasteiger partial charge in [0.1, 0.15) is 0 Å². The average Bonchev–Trinajstić information content (AvgIpc) is 2.38. The summed E-state index contributed by atoms with van der Waals surface area (Å²) in [5, 5.41) is 8.94. The highest BCUT2D eigenvalue weighted by molar-refractivity contribution is 7.89. The van der Waals surface area contributed by atoms with Crippen LogP contribution in [-0.2, 0) is 10.0 Å². The quantitative estimate of drug-likeness (QED) is 0.842. The second-order valence-corrected chi connectivity index (χ2v) is 7.40. The van der Waals surface area contributed by atoms with E-state index >= 15 is 0 Å². The molecule has 20 heavy (non-hydrogen) atoms. The number of hydrogen-bond acceptors (Lipinski definition) is 3. The van der Waals surface area contributed by atoms with Gasteiger partial charge in [0.05, 0.1) is 16.5 Å². The molecule has 0 aliphatic carbocycles. The Kier molecular flexibility index (Phi) is 4.17. The molecule has 1 aromatic carbocycles. The van der Waals surface area contributed by atoms with Crippen LogP contribution in [0, 0.1) is 18.3 Å². The summed E-state index contributed by atoms with van der Waals surface area (Å²) in [6, 6.07) is 6.84. The summed E-state index contributed by atoms with van der Waals surface area (Å²) in [7, 11) is -3.48. The molecule has 0 spiro atoms. The Morgan fingerprint density at radius 3 is 2.35 bits per heavy atom. The third-order valence-electron chi connectivity index (χ3n) is 4.01. The zero-order chi connectivity index (χ0) is 14.9. The molecule has 1 aliphatic heterocycles. The highest BCUT2D eigenvalue weighted by atomic mass is 32.2. The van der Waals surface area contributed by atoms with Crippen molar-refractivity contribution in [3.63, 3.8) is 0 Å². The van der Waals surface area contributed by atoms with Crippen molar-refractivity contribution in [3.05, 3.63) is 29.3 Å². The van der Waals surface area contributed by atoms with Gasteiger partial charge >= 0.3 is 0 Å². The maximum atomic E-state index is 12.8. The first kappa shape index (κ1) is 15.0. The molecule has 0 bridgehead atoms. The van der Waals surface area contributed by atoms with Gasteiger partial charge in [-0.2, -0.15) is 9.57 Å². The van der Waals surface area contributed by atoms with Crippen LogP contribution in [0.4, 0.5) is 0 Å². The van der Waals surface area contributed by atoms with Crippen molar-refractivity contribution >= 4 is 10.0 Å². The van der Waals surface area contributed by atoms with E-state index in [1.807, 2.05) is 13.8 Å². The number of nitrogens with zero attached hydrogens (tertiary/aromatic N) is 2. The van der Waals surface area contributed by atoms with Crippen molar-refractivity contribution in [2.75, 3.05) is 0 Å². The number of sulfonamides is 1. The van der Waals surface area contributed by atoms with Crippen LogP contribution in [0.5, 0.6) is 0 Å². The van der Waals surface area contributed by atoms with Crippen molar-refractivity contribution in [3.8, 4) is 6.07 Å². The molecular formula is C15H20N2O2S. The van der Waals surface area contributed by atoms with Gasteiger partial charge in [-0.15, -0.1) is 0 Å². The van der Waals surface area contributed by atoms with Gasteiger partial charge in [-0.1, -0.05) is 6.42 Å². The summed E-state index contributed by atoms with van der Waals surface area (Å²) in [6.45, 7) is 5.69. The third kappa shape index (κ3) is 2.58. The number of hydrogen-bond donors (Lipinski definition) is 0. The Labute approximate surface area is 121 Å². The zero-order valence-electron chi connectivity index (χ0n) is 12.1. The predicted octanol–water partition coefficient (Wildman–Crippen LogP) is 2.82. The lowest BCUT2D eigenvalue weighted by atomic mass is 10.0. The second-order valence-electron chi connectivity index (χ2n) is 5.55. The zero-order valence-corrected chi connectivity index (χ0v) is 12.9. The Hall–Kier alpha value is -1.38. The van der Waals surface area contributed by atoms with E-state index in [0.717, 1.165) is 19.3 Å². The summed E-state index contributed by atoms with van der Waals surface area (Å²) in [6.07, 6.45) is 2.87. The van der Waals surface area contributed by atoms with Crippen LogP contribution in [0.3, 0.4) is 0 Å². The molecule has 0 aromatic heterocycles. The number of benzene rings is 1. The maximum absolute atomic E-state index is 12.8. The molecule has 2 rings (SSSR count). The van der Waals surface area contributed by atoms with E-state index < -0.39 is 10.0 Å². The first-order chi connectivity index (χ1) is 9.37. The lowest BCUT2D eigenvalue weighted by Crippen LogP contribution is -2.47. The van der Waals surface area contributed by atoms with Crippen molar-refractivity contribution in [2.24, 2.45) is 0 Å². The van der Waals surface area contributed by atoms with Gasteiger partial charge in [-0.25, -0.2) is 8.42 Å². The number of aryl methyl sites for hydroxylation is 1. The van der Waals surface area contributed by atoms with E-state index in [-0.39, 0.29) is 17.0 Å². The molecule has 108 valence electrons. The largest absolute Gasteiger partial charge is 0.243 e. The fraction of sp³-hybridized carbons (Fsp3) is 0.533. The minimum atomic E-state index is -3.48. The number of rotatable bonds is 2. The molecule has 1 heterocycles. The Morgan fingerprint density at radius 1 is 1.25 bits per heavy atom.